The molecule has 1 aromatic heterocycles. The van der Waals surface area contributed by atoms with Gasteiger partial charge in [-0.3, -0.25) is 9.78 Å². The first-order valence-corrected chi connectivity index (χ1v) is 7.84. The second-order valence-electron chi connectivity index (χ2n) is 5.06. The Kier molecular flexibility index (Phi) is 9.40. The molecular formula is C16H28N4O. The lowest BCUT2D eigenvalue weighted by Gasteiger charge is -2.17. The summed E-state index contributed by atoms with van der Waals surface area (Å²) in [6.45, 7) is 10.2. The van der Waals surface area contributed by atoms with Gasteiger partial charge in [0.1, 0.15) is 0 Å². The van der Waals surface area contributed by atoms with E-state index in [0.717, 1.165) is 37.4 Å². The molecule has 2 N–H and O–H groups in total. The Morgan fingerprint density at radius 1 is 1.24 bits per heavy atom. The molecule has 5 heteroatoms. The Hall–Kier alpha value is -1.46. The highest BCUT2D eigenvalue weighted by atomic mass is 16.1. The van der Waals surface area contributed by atoms with Crippen molar-refractivity contribution in [2.45, 2.75) is 39.8 Å². The number of hydrogen-bond acceptors (Lipinski definition) is 4. The number of nitrogens with one attached hydrogen (secondary N) is 2. The van der Waals surface area contributed by atoms with Gasteiger partial charge in [-0.15, -0.1) is 0 Å². The Morgan fingerprint density at radius 3 is 2.76 bits per heavy atom. The number of hydrogen-bond donors (Lipinski definition) is 2. The van der Waals surface area contributed by atoms with Crippen LogP contribution in [0.2, 0.25) is 0 Å². The number of carbonyl (C=O) groups is 1. The molecule has 0 radical (unpaired) electrons. The van der Waals surface area contributed by atoms with Crippen molar-refractivity contribution in [2.24, 2.45) is 0 Å². The van der Waals surface area contributed by atoms with Crippen LogP contribution >= 0.6 is 0 Å². The first kappa shape index (κ1) is 17.6. The molecule has 0 atom stereocenters. The number of rotatable bonds is 12. The molecule has 1 heterocycles. The second-order valence-corrected chi connectivity index (χ2v) is 5.06. The molecule has 0 aromatic carbocycles. The monoisotopic (exact) mass is 292 g/mol. The molecule has 5 nitrogen and oxygen atoms in total. The van der Waals surface area contributed by atoms with Gasteiger partial charge in [0.05, 0.1) is 5.69 Å². The van der Waals surface area contributed by atoms with E-state index in [1.807, 2.05) is 12.1 Å². The van der Waals surface area contributed by atoms with Crippen molar-refractivity contribution < 1.29 is 4.79 Å². The number of unbranched alkanes of at least 4 members (excludes halogenated alkanes) is 1. The smallest absolute Gasteiger partial charge is 0.207 e. The van der Waals surface area contributed by atoms with Crippen molar-refractivity contribution in [1.82, 2.24) is 20.5 Å². The molecule has 0 aliphatic heterocycles. The van der Waals surface area contributed by atoms with Gasteiger partial charge in [-0.05, 0) is 56.7 Å². The normalized spacial score (nSPS) is 10.8. The number of pyridine rings is 1. The molecule has 0 spiro atoms. The van der Waals surface area contributed by atoms with E-state index in [1.165, 1.54) is 19.4 Å². The number of amides is 1. The van der Waals surface area contributed by atoms with Gasteiger partial charge >= 0.3 is 0 Å². The lowest BCUT2D eigenvalue weighted by atomic mass is 10.2. The van der Waals surface area contributed by atoms with Crippen LogP contribution in [-0.4, -0.2) is 42.5 Å². The highest BCUT2D eigenvalue weighted by Gasteiger charge is 1.99. The maximum Gasteiger partial charge on any atom is 0.207 e. The van der Waals surface area contributed by atoms with Gasteiger partial charge in [0, 0.05) is 19.3 Å². The van der Waals surface area contributed by atoms with Gasteiger partial charge in [-0.25, -0.2) is 0 Å². The van der Waals surface area contributed by atoms with Crippen LogP contribution in [0, 0.1) is 0 Å². The van der Waals surface area contributed by atoms with Gasteiger partial charge < -0.3 is 15.5 Å². The molecule has 0 aliphatic rings. The first-order valence-electron chi connectivity index (χ1n) is 7.84. The van der Waals surface area contributed by atoms with Crippen LogP contribution in [0.25, 0.3) is 0 Å². The van der Waals surface area contributed by atoms with Crippen LogP contribution in [0.1, 0.15) is 37.9 Å². The minimum atomic E-state index is 0.558. The van der Waals surface area contributed by atoms with Crippen molar-refractivity contribution in [2.75, 3.05) is 26.2 Å². The number of aromatic nitrogens is 1. The molecule has 1 amide bonds. The molecule has 0 bridgehead atoms. The Morgan fingerprint density at radius 2 is 2.05 bits per heavy atom. The standard InChI is InChI=1S/C16H28N4O/c1-3-20(4-2)10-6-5-8-17-13-16-11-15(7-9-19-16)12-18-14-21/h7,9,11,14,17H,3-6,8,10,12-13H2,1-2H3,(H,18,21). The highest BCUT2D eigenvalue weighted by Crippen LogP contribution is 2.01. The van der Waals surface area contributed by atoms with Gasteiger partial charge in [0.15, 0.2) is 0 Å². The molecule has 0 unspecified atom stereocenters. The fourth-order valence-electron chi connectivity index (χ4n) is 2.24. The molecule has 0 saturated heterocycles. The van der Waals surface area contributed by atoms with Crippen LogP contribution in [0.5, 0.6) is 0 Å². The maximum atomic E-state index is 10.3. The zero-order valence-electron chi connectivity index (χ0n) is 13.3. The summed E-state index contributed by atoms with van der Waals surface area (Å²) < 4.78 is 0. The average Bonchev–Trinajstić information content (AvgIpc) is 2.53. The molecule has 1 rings (SSSR count). The van der Waals surface area contributed by atoms with Gasteiger partial charge in [-0.2, -0.15) is 0 Å². The Labute approximate surface area is 128 Å². The third kappa shape index (κ3) is 7.78. The van der Waals surface area contributed by atoms with Crippen LogP contribution < -0.4 is 10.6 Å². The summed E-state index contributed by atoms with van der Waals surface area (Å²) in [6.07, 6.45) is 4.92. The van der Waals surface area contributed by atoms with E-state index in [1.54, 1.807) is 6.20 Å². The van der Waals surface area contributed by atoms with E-state index in [4.69, 9.17) is 0 Å². The average molecular weight is 292 g/mol. The summed E-state index contributed by atoms with van der Waals surface area (Å²) >= 11 is 0. The third-order valence-corrected chi connectivity index (χ3v) is 3.55. The first-order chi connectivity index (χ1) is 10.3. The van der Waals surface area contributed by atoms with Crippen LogP contribution in [0.4, 0.5) is 0 Å². The van der Waals surface area contributed by atoms with Crippen molar-refractivity contribution in [1.29, 1.82) is 0 Å². The van der Waals surface area contributed by atoms with Crippen LogP contribution in [-0.2, 0) is 17.9 Å². The SMILES string of the molecule is CCN(CC)CCCCNCc1cc(CNC=O)ccn1. The third-order valence-electron chi connectivity index (χ3n) is 3.55. The lowest BCUT2D eigenvalue weighted by molar-refractivity contribution is -0.109. The zero-order chi connectivity index (χ0) is 15.3. The molecule has 0 aliphatic carbocycles. The summed E-state index contributed by atoms with van der Waals surface area (Å²) in [5.74, 6) is 0. The lowest BCUT2D eigenvalue weighted by Crippen LogP contribution is -2.25. The quantitative estimate of drug-likeness (QED) is 0.453. The predicted octanol–water partition coefficient (Wildman–Crippen LogP) is 1.54. The van der Waals surface area contributed by atoms with Crippen LogP contribution in [0.15, 0.2) is 18.3 Å². The fraction of sp³-hybridized carbons (Fsp3) is 0.625. The minimum absolute atomic E-state index is 0.558. The summed E-state index contributed by atoms with van der Waals surface area (Å²) in [5, 5.41) is 6.09. The van der Waals surface area contributed by atoms with E-state index >= 15 is 0 Å². The molecule has 21 heavy (non-hydrogen) atoms. The molecule has 118 valence electrons. The van der Waals surface area contributed by atoms with E-state index in [-0.39, 0.29) is 0 Å². The second kappa shape index (κ2) is 11.2. The minimum Gasteiger partial charge on any atom is -0.355 e. The molecule has 1 aromatic rings. The molecule has 0 fully saturated rings. The van der Waals surface area contributed by atoms with Crippen molar-refractivity contribution in [3.63, 3.8) is 0 Å². The predicted molar refractivity (Wildman–Crippen MR) is 85.9 cm³/mol. The van der Waals surface area contributed by atoms with Crippen molar-refractivity contribution in [3.8, 4) is 0 Å². The van der Waals surface area contributed by atoms with E-state index in [2.05, 4.69) is 34.4 Å². The maximum absolute atomic E-state index is 10.3. The van der Waals surface area contributed by atoms with Gasteiger partial charge in [0.25, 0.3) is 0 Å². The van der Waals surface area contributed by atoms with E-state index < -0.39 is 0 Å². The Balaban J connectivity index is 2.16. The molecule has 0 saturated carbocycles. The summed E-state index contributed by atoms with van der Waals surface area (Å²) in [7, 11) is 0. The zero-order valence-corrected chi connectivity index (χ0v) is 13.3. The number of nitrogens with zero attached hydrogens (tertiary/aromatic N) is 2. The van der Waals surface area contributed by atoms with Gasteiger partial charge in [-0.1, -0.05) is 13.8 Å². The summed E-state index contributed by atoms with van der Waals surface area (Å²) in [4.78, 5) is 17.1. The van der Waals surface area contributed by atoms with Crippen molar-refractivity contribution >= 4 is 6.41 Å². The summed E-state index contributed by atoms with van der Waals surface area (Å²) in [6, 6.07) is 3.95. The Bertz CT molecular complexity index is 394. The largest absolute Gasteiger partial charge is 0.355 e. The van der Waals surface area contributed by atoms with Crippen molar-refractivity contribution in [3.05, 3.63) is 29.6 Å². The van der Waals surface area contributed by atoms with Gasteiger partial charge in [0.2, 0.25) is 6.41 Å². The van der Waals surface area contributed by atoms with E-state index in [9.17, 15) is 4.79 Å². The van der Waals surface area contributed by atoms with E-state index in [0.29, 0.717) is 13.0 Å². The molecular weight excluding hydrogens is 264 g/mol. The summed E-state index contributed by atoms with van der Waals surface area (Å²) in [5.41, 5.74) is 2.10. The fourth-order valence-corrected chi connectivity index (χ4v) is 2.24. The topological polar surface area (TPSA) is 57.3 Å². The number of carbonyl (C=O) groups excluding carboxylic acids is 1. The van der Waals surface area contributed by atoms with Crippen LogP contribution in [0.3, 0.4) is 0 Å². The highest BCUT2D eigenvalue weighted by molar-refractivity contribution is 5.46.